The van der Waals surface area contributed by atoms with Gasteiger partial charge in [-0.1, -0.05) is 31.9 Å². The number of esters is 1. The quantitative estimate of drug-likeness (QED) is 0.655. The number of methoxy groups -OCH3 is 1. The molecule has 23 heavy (non-hydrogen) atoms. The maximum atomic E-state index is 12.3. The molecule has 0 spiro atoms. The van der Waals surface area contributed by atoms with Gasteiger partial charge in [0.2, 0.25) is 10.0 Å². The molecule has 0 fully saturated rings. The second-order valence-electron chi connectivity index (χ2n) is 5.05. The molecule has 0 saturated carbocycles. The second-order valence-corrected chi connectivity index (χ2v) is 6.77. The van der Waals surface area contributed by atoms with E-state index in [1.54, 1.807) is 6.07 Å². The lowest BCUT2D eigenvalue weighted by Gasteiger charge is -2.15. The van der Waals surface area contributed by atoms with Gasteiger partial charge in [-0.05, 0) is 24.1 Å². The summed E-state index contributed by atoms with van der Waals surface area (Å²) in [4.78, 5) is 22.4. The Morgan fingerprint density at radius 3 is 2.61 bits per heavy atom. The Morgan fingerprint density at radius 1 is 1.35 bits per heavy atom. The molecule has 1 aromatic carbocycles. The lowest BCUT2D eigenvalue weighted by molar-refractivity contribution is -0.140. The van der Waals surface area contributed by atoms with Crippen molar-refractivity contribution in [3.8, 4) is 0 Å². The van der Waals surface area contributed by atoms with Crippen LogP contribution in [0.1, 0.15) is 31.7 Å². The van der Waals surface area contributed by atoms with E-state index in [4.69, 9.17) is 5.11 Å². The Bertz CT molecular complexity index is 656. The third-order valence-corrected chi connectivity index (χ3v) is 4.70. The third kappa shape index (κ3) is 5.99. The molecular formula is C15H21NO6S. The van der Waals surface area contributed by atoms with E-state index in [1.807, 2.05) is 6.92 Å². The van der Waals surface area contributed by atoms with Crippen LogP contribution in [0.25, 0.3) is 0 Å². The average molecular weight is 343 g/mol. The van der Waals surface area contributed by atoms with Crippen LogP contribution in [0.15, 0.2) is 29.2 Å². The summed E-state index contributed by atoms with van der Waals surface area (Å²) < 4.78 is 31.4. The number of carbonyl (C=O) groups excluding carboxylic acids is 1. The maximum absolute atomic E-state index is 12.3. The molecule has 2 N–H and O–H groups in total. The van der Waals surface area contributed by atoms with Gasteiger partial charge in [0.15, 0.2) is 0 Å². The molecule has 0 saturated heterocycles. The number of carboxylic acids is 1. The minimum atomic E-state index is -3.98. The largest absolute Gasteiger partial charge is 0.480 e. The Kier molecular flexibility index (Phi) is 7.18. The van der Waals surface area contributed by atoms with E-state index in [0.29, 0.717) is 12.0 Å². The molecule has 0 amide bonds. The number of benzene rings is 1. The molecule has 0 bridgehead atoms. The lowest BCUT2D eigenvalue weighted by Crippen LogP contribution is -2.40. The van der Waals surface area contributed by atoms with Gasteiger partial charge in [0.25, 0.3) is 0 Å². The molecule has 128 valence electrons. The lowest BCUT2D eigenvalue weighted by atomic mass is 10.1. The van der Waals surface area contributed by atoms with Crippen molar-refractivity contribution in [2.45, 2.75) is 43.5 Å². The summed E-state index contributed by atoms with van der Waals surface area (Å²) in [6, 6.07) is 4.60. The highest BCUT2D eigenvalue weighted by molar-refractivity contribution is 7.89. The minimum Gasteiger partial charge on any atom is -0.480 e. The number of aliphatic carboxylic acids is 1. The first kappa shape index (κ1) is 19.1. The molecule has 1 rings (SSSR count). The van der Waals surface area contributed by atoms with Gasteiger partial charge >= 0.3 is 11.9 Å². The fourth-order valence-corrected chi connectivity index (χ4v) is 3.25. The highest BCUT2D eigenvalue weighted by Gasteiger charge is 2.25. The van der Waals surface area contributed by atoms with Crippen LogP contribution >= 0.6 is 0 Å². The van der Waals surface area contributed by atoms with Gasteiger partial charge < -0.3 is 9.84 Å². The zero-order valence-electron chi connectivity index (χ0n) is 13.1. The molecule has 0 radical (unpaired) electrons. The van der Waals surface area contributed by atoms with Gasteiger partial charge in [-0.15, -0.1) is 0 Å². The van der Waals surface area contributed by atoms with Crippen molar-refractivity contribution in [1.29, 1.82) is 0 Å². The molecule has 0 aliphatic carbocycles. The third-order valence-electron chi connectivity index (χ3n) is 3.23. The summed E-state index contributed by atoms with van der Waals surface area (Å²) in [6.45, 7) is 1.89. The molecule has 1 aromatic rings. The smallest absolute Gasteiger partial charge is 0.321 e. The predicted octanol–water partition coefficient (Wildman–Crippen LogP) is 1.32. The first-order valence-corrected chi connectivity index (χ1v) is 8.69. The van der Waals surface area contributed by atoms with Gasteiger partial charge in [0.05, 0.1) is 18.4 Å². The zero-order chi connectivity index (χ0) is 17.5. The van der Waals surface area contributed by atoms with E-state index in [2.05, 4.69) is 9.46 Å². The molecule has 0 heterocycles. The van der Waals surface area contributed by atoms with Gasteiger partial charge in [-0.2, -0.15) is 4.72 Å². The Balaban J connectivity index is 2.96. The van der Waals surface area contributed by atoms with Crippen LogP contribution < -0.4 is 4.72 Å². The molecule has 8 heteroatoms. The summed E-state index contributed by atoms with van der Waals surface area (Å²) in [5, 5.41) is 9.13. The van der Waals surface area contributed by atoms with Gasteiger partial charge in [0.1, 0.15) is 6.04 Å². The molecule has 7 nitrogen and oxygen atoms in total. The normalized spacial score (nSPS) is 12.6. The standard InChI is InChI=1S/C15H21NO6S/c1-3-4-8-13(15(18)19)16-23(20,21)12-7-5-6-11(9-12)10-14(17)22-2/h5-7,9,13,16H,3-4,8,10H2,1-2H3,(H,18,19). The number of carbonyl (C=O) groups is 2. The average Bonchev–Trinajstić information content (AvgIpc) is 2.51. The minimum absolute atomic E-state index is 0.0575. The summed E-state index contributed by atoms with van der Waals surface area (Å²) in [7, 11) is -2.74. The maximum Gasteiger partial charge on any atom is 0.321 e. The number of rotatable bonds is 9. The summed E-state index contributed by atoms with van der Waals surface area (Å²) in [5.41, 5.74) is 0.472. The van der Waals surface area contributed by atoms with E-state index >= 15 is 0 Å². The number of carboxylic acid groups (broad SMARTS) is 1. The molecule has 0 aliphatic heterocycles. The van der Waals surface area contributed by atoms with E-state index < -0.39 is 28.0 Å². The predicted molar refractivity (Wildman–Crippen MR) is 83.4 cm³/mol. The summed E-state index contributed by atoms with van der Waals surface area (Å²) in [5.74, 6) is -1.70. The van der Waals surface area contributed by atoms with Gasteiger partial charge in [-0.3, -0.25) is 9.59 Å². The van der Waals surface area contributed by atoms with Crippen molar-refractivity contribution in [2.75, 3.05) is 7.11 Å². The van der Waals surface area contributed by atoms with Crippen LogP contribution in [0.5, 0.6) is 0 Å². The van der Waals surface area contributed by atoms with Crippen LogP contribution in [-0.2, 0) is 30.8 Å². The van der Waals surface area contributed by atoms with Gasteiger partial charge in [-0.25, -0.2) is 8.42 Å². The Morgan fingerprint density at radius 2 is 2.04 bits per heavy atom. The Hall–Kier alpha value is -1.93. The summed E-state index contributed by atoms with van der Waals surface area (Å²) >= 11 is 0. The molecule has 0 aliphatic rings. The fourth-order valence-electron chi connectivity index (χ4n) is 1.96. The number of sulfonamides is 1. The monoisotopic (exact) mass is 343 g/mol. The molecule has 1 atom stereocenters. The molecule has 1 unspecified atom stereocenters. The second kappa shape index (κ2) is 8.64. The molecular weight excluding hydrogens is 322 g/mol. The van der Waals surface area contributed by atoms with Crippen LogP contribution in [0, 0.1) is 0 Å². The van der Waals surface area contributed by atoms with Crippen LogP contribution in [-0.4, -0.2) is 38.6 Å². The van der Waals surface area contributed by atoms with Gasteiger partial charge in [0, 0.05) is 0 Å². The Labute approximate surface area is 135 Å². The van der Waals surface area contributed by atoms with E-state index in [-0.39, 0.29) is 17.7 Å². The highest BCUT2D eigenvalue weighted by Crippen LogP contribution is 2.14. The number of hydrogen-bond donors (Lipinski definition) is 2. The van der Waals surface area contributed by atoms with Crippen molar-refractivity contribution in [3.05, 3.63) is 29.8 Å². The fraction of sp³-hybridized carbons (Fsp3) is 0.467. The van der Waals surface area contributed by atoms with E-state index in [0.717, 1.165) is 6.42 Å². The number of hydrogen-bond acceptors (Lipinski definition) is 5. The van der Waals surface area contributed by atoms with Crippen LogP contribution in [0.2, 0.25) is 0 Å². The molecule has 0 aromatic heterocycles. The summed E-state index contributed by atoms with van der Waals surface area (Å²) in [6.07, 6.45) is 1.52. The number of nitrogens with one attached hydrogen (secondary N) is 1. The van der Waals surface area contributed by atoms with Crippen LogP contribution in [0.4, 0.5) is 0 Å². The SMILES string of the molecule is CCCCC(NS(=O)(=O)c1cccc(CC(=O)OC)c1)C(=O)O. The zero-order valence-corrected chi connectivity index (χ0v) is 13.9. The van der Waals surface area contributed by atoms with Crippen molar-refractivity contribution >= 4 is 22.0 Å². The van der Waals surface area contributed by atoms with E-state index in [9.17, 15) is 18.0 Å². The van der Waals surface area contributed by atoms with Crippen molar-refractivity contribution in [3.63, 3.8) is 0 Å². The van der Waals surface area contributed by atoms with Crippen LogP contribution in [0.3, 0.4) is 0 Å². The first-order valence-electron chi connectivity index (χ1n) is 7.21. The van der Waals surface area contributed by atoms with Crippen molar-refractivity contribution < 1.29 is 27.9 Å². The first-order chi connectivity index (χ1) is 10.8. The van der Waals surface area contributed by atoms with E-state index in [1.165, 1.54) is 25.3 Å². The van der Waals surface area contributed by atoms with Crippen molar-refractivity contribution in [2.24, 2.45) is 0 Å². The number of ether oxygens (including phenoxy) is 1. The number of unbranched alkanes of at least 4 members (excludes halogenated alkanes) is 1. The topological polar surface area (TPSA) is 110 Å². The highest BCUT2D eigenvalue weighted by atomic mass is 32.2. The van der Waals surface area contributed by atoms with Crippen molar-refractivity contribution in [1.82, 2.24) is 4.72 Å².